The fraction of sp³-hybridized carbons (Fsp3) is 0.846. The van der Waals surface area contributed by atoms with E-state index >= 15 is 0 Å². The third-order valence-corrected chi connectivity index (χ3v) is 4.10. The van der Waals surface area contributed by atoms with Crippen LogP contribution in [0.5, 0.6) is 0 Å². The average Bonchev–Trinajstić information content (AvgIpc) is 2.32. The first kappa shape index (κ1) is 13.2. The molecule has 1 aliphatic heterocycles. The zero-order valence-electron chi connectivity index (χ0n) is 10.7. The van der Waals surface area contributed by atoms with Crippen LogP contribution in [0, 0.1) is 5.92 Å². The summed E-state index contributed by atoms with van der Waals surface area (Å²) in [7, 11) is 0. The Labute approximate surface area is 108 Å². The number of amides is 2. The maximum Gasteiger partial charge on any atom is 0.326 e. The number of carboxylic acid groups (broad SMARTS) is 1. The predicted molar refractivity (Wildman–Crippen MR) is 67.3 cm³/mol. The minimum atomic E-state index is -0.885. The van der Waals surface area contributed by atoms with Crippen molar-refractivity contribution in [1.29, 1.82) is 0 Å². The maximum absolute atomic E-state index is 12.0. The van der Waals surface area contributed by atoms with Crippen LogP contribution in [0.3, 0.4) is 0 Å². The molecule has 102 valence electrons. The van der Waals surface area contributed by atoms with E-state index in [2.05, 4.69) is 5.32 Å². The topological polar surface area (TPSA) is 69.6 Å². The van der Waals surface area contributed by atoms with Crippen molar-refractivity contribution in [3.8, 4) is 0 Å². The third-order valence-electron chi connectivity index (χ3n) is 4.10. The summed E-state index contributed by atoms with van der Waals surface area (Å²) in [5.41, 5.74) is 0. The molecular weight excluding hydrogens is 232 g/mol. The van der Waals surface area contributed by atoms with Crippen molar-refractivity contribution >= 4 is 12.0 Å². The van der Waals surface area contributed by atoms with Crippen LogP contribution in [0.2, 0.25) is 0 Å². The lowest BCUT2D eigenvalue weighted by atomic mass is 9.83. The van der Waals surface area contributed by atoms with Crippen LogP contribution in [0.15, 0.2) is 0 Å². The van der Waals surface area contributed by atoms with Crippen LogP contribution in [0.4, 0.5) is 4.79 Å². The molecule has 1 saturated carbocycles. The summed E-state index contributed by atoms with van der Waals surface area (Å²) in [6, 6.07) is -0.844. The van der Waals surface area contributed by atoms with Gasteiger partial charge in [-0.1, -0.05) is 19.3 Å². The lowest BCUT2D eigenvalue weighted by Crippen LogP contribution is -2.52. The summed E-state index contributed by atoms with van der Waals surface area (Å²) in [6.07, 6.45) is 7.26. The van der Waals surface area contributed by atoms with E-state index in [1.165, 1.54) is 24.2 Å². The molecule has 5 heteroatoms. The first-order valence-corrected chi connectivity index (χ1v) is 6.96. The highest BCUT2D eigenvalue weighted by molar-refractivity contribution is 5.82. The van der Waals surface area contributed by atoms with E-state index in [4.69, 9.17) is 5.11 Å². The van der Waals surface area contributed by atoms with Gasteiger partial charge in [-0.2, -0.15) is 0 Å². The summed E-state index contributed by atoms with van der Waals surface area (Å²) in [6.45, 7) is 1.23. The van der Waals surface area contributed by atoms with Gasteiger partial charge in [0.1, 0.15) is 6.04 Å². The van der Waals surface area contributed by atoms with E-state index in [0.717, 1.165) is 25.2 Å². The van der Waals surface area contributed by atoms with E-state index in [9.17, 15) is 9.59 Å². The standard InChI is InChI=1S/C13H22N2O3/c16-12(17)11-6-1-2-9-15(11)13(18)14-8-7-10-4-3-5-10/h10-11H,1-9H2,(H,14,18)(H,16,17). The normalized spacial score (nSPS) is 24.4. The zero-order chi connectivity index (χ0) is 13.0. The van der Waals surface area contributed by atoms with Gasteiger partial charge in [0.2, 0.25) is 0 Å². The molecule has 2 N–H and O–H groups in total. The van der Waals surface area contributed by atoms with Gasteiger partial charge in [-0.15, -0.1) is 0 Å². The number of aliphatic carboxylic acids is 1. The van der Waals surface area contributed by atoms with Crippen LogP contribution < -0.4 is 5.32 Å². The fourth-order valence-electron chi connectivity index (χ4n) is 2.70. The van der Waals surface area contributed by atoms with Crippen molar-refractivity contribution in [1.82, 2.24) is 10.2 Å². The molecule has 0 spiro atoms. The minimum absolute atomic E-state index is 0.207. The lowest BCUT2D eigenvalue weighted by Gasteiger charge is -2.33. The summed E-state index contributed by atoms with van der Waals surface area (Å²) >= 11 is 0. The highest BCUT2D eigenvalue weighted by Gasteiger charge is 2.31. The van der Waals surface area contributed by atoms with E-state index in [1.807, 2.05) is 0 Å². The number of hydrogen-bond acceptors (Lipinski definition) is 2. The van der Waals surface area contributed by atoms with Gasteiger partial charge in [0, 0.05) is 13.1 Å². The summed E-state index contributed by atoms with van der Waals surface area (Å²) in [5, 5.41) is 12.0. The number of carbonyl (C=O) groups is 2. The lowest BCUT2D eigenvalue weighted by molar-refractivity contribution is -0.143. The number of carboxylic acids is 1. The molecule has 0 aromatic rings. The van der Waals surface area contributed by atoms with Gasteiger partial charge in [0.25, 0.3) is 0 Å². The van der Waals surface area contributed by atoms with Crippen molar-refractivity contribution in [2.45, 2.75) is 51.0 Å². The molecule has 0 aromatic carbocycles. The molecule has 1 aliphatic carbocycles. The van der Waals surface area contributed by atoms with Crippen molar-refractivity contribution in [3.05, 3.63) is 0 Å². The molecule has 18 heavy (non-hydrogen) atoms. The Bertz CT molecular complexity index is 315. The van der Waals surface area contributed by atoms with Crippen LogP contribution >= 0.6 is 0 Å². The third kappa shape index (κ3) is 3.15. The monoisotopic (exact) mass is 254 g/mol. The van der Waals surface area contributed by atoms with E-state index < -0.39 is 12.0 Å². The Hall–Kier alpha value is -1.26. The number of nitrogens with zero attached hydrogens (tertiary/aromatic N) is 1. The van der Waals surface area contributed by atoms with Crippen LogP contribution in [0.1, 0.15) is 44.9 Å². The Morgan fingerprint density at radius 2 is 1.94 bits per heavy atom. The number of piperidine rings is 1. The average molecular weight is 254 g/mol. The molecule has 1 heterocycles. The van der Waals surface area contributed by atoms with Gasteiger partial charge in [-0.25, -0.2) is 9.59 Å². The molecule has 2 rings (SSSR count). The number of urea groups is 1. The largest absolute Gasteiger partial charge is 0.480 e. The summed E-state index contributed by atoms with van der Waals surface area (Å²) in [4.78, 5) is 24.5. The van der Waals surface area contributed by atoms with Gasteiger partial charge in [-0.3, -0.25) is 0 Å². The number of rotatable bonds is 4. The molecule has 0 radical (unpaired) electrons. The zero-order valence-corrected chi connectivity index (χ0v) is 10.7. The van der Waals surface area contributed by atoms with E-state index in [0.29, 0.717) is 19.5 Å². The molecule has 0 aromatic heterocycles. The molecule has 1 saturated heterocycles. The first-order chi connectivity index (χ1) is 8.68. The summed E-state index contributed by atoms with van der Waals surface area (Å²) in [5.74, 6) is -0.120. The molecule has 1 atom stereocenters. The number of hydrogen-bond donors (Lipinski definition) is 2. The smallest absolute Gasteiger partial charge is 0.326 e. The van der Waals surface area contributed by atoms with Gasteiger partial charge in [0.15, 0.2) is 0 Å². The second-order valence-electron chi connectivity index (χ2n) is 5.36. The molecule has 0 bridgehead atoms. The molecular formula is C13H22N2O3. The molecule has 1 unspecified atom stereocenters. The van der Waals surface area contributed by atoms with Crippen molar-refractivity contribution in [2.75, 3.05) is 13.1 Å². The molecule has 2 aliphatic rings. The first-order valence-electron chi connectivity index (χ1n) is 6.96. The van der Waals surface area contributed by atoms with Gasteiger partial charge < -0.3 is 15.3 Å². The highest BCUT2D eigenvalue weighted by Crippen LogP contribution is 2.28. The number of nitrogens with one attached hydrogen (secondary N) is 1. The minimum Gasteiger partial charge on any atom is -0.480 e. The Kier molecular flexibility index (Phi) is 4.44. The van der Waals surface area contributed by atoms with E-state index in [1.54, 1.807) is 0 Å². The van der Waals surface area contributed by atoms with Crippen LogP contribution in [-0.2, 0) is 4.79 Å². The quantitative estimate of drug-likeness (QED) is 0.804. The van der Waals surface area contributed by atoms with Crippen molar-refractivity contribution in [3.63, 3.8) is 0 Å². The van der Waals surface area contributed by atoms with Crippen LogP contribution in [0.25, 0.3) is 0 Å². The van der Waals surface area contributed by atoms with Gasteiger partial charge in [-0.05, 0) is 31.6 Å². The molecule has 2 fully saturated rings. The Balaban J connectivity index is 1.76. The second-order valence-corrected chi connectivity index (χ2v) is 5.36. The van der Waals surface area contributed by atoms with Gasteiger partial charge in [0.05, 0.1) is 0 Å². The fourth-order valence-corrected chi connectivity index (χ4v) is 2.70. The second kappa shape index (κ2) is 6.07. The maximum atomic E-state index is 12.0. The van der Waals surface area contributed by atoms with E-state index in [-0.39, 0.29) is 6.03 Å². The van der Waals surface area contributed by atoms with Gasteiger partial charge >= 0.3 is 12.0 Å². The predicted octanol–water partition coefficient (Wildman–Crippen LogP) is 1.83. The van der Waals surface area contributed by atoms with Crippen molar-refractivity contribution in [2.24, 2.45) is 5.92 Å². The van der Waals surface area contributed by atoms with Crippen LogP contribution in [-0.4, -0.2) is 41.1 Å². The number of likely N-dealkylation sites (tertiary alicyclic amines) is 1. The highest BCUT2D eigenvalue weighted by atomic mass is 16.4. The van der Waals surface area contributed by atoms with Crippen molar-refractivity contribution < 1.29 is 14.7 Å². The number of carbonyl (C=O) groups excluding carboxylic acids is 1. The molecule has 2 amide bonds. The summed E-state index contributed by atoms with van der Waals surface area (Å²) < 4.78 is 0. The molecule has 5 nitrogen and oxygen atoms in total. The Morgan fingerprint density at radius 1 is 1.17 bits per heavy atom. The Morgan fingerprint density at radius 3 is 2.56 bits per heavy atom. The SMILES string of the molecule is O=C(O)C1CCCCN1C(=O)NCCC1CCC1.